The second kappa shape index (κ2) is 4.66. The minimum Gasteiger partial charge on any atom is -0.235 e. The zero-order valence-electron chi connectivity index (χ0n) is 9.72. The monoisotopic (exact) mass is 322 g/mol. The van der Waals surface area contributed by atoms with Crippen molar-refractivity contribution in [1.82, 2.24) is 19.7 Å². The first-order chi connectivity index (χ1) is 7.92. The fourth-order valence-electron chi connectivity index (χ4n) is 2.18. The molecule has 0 saturated heterocycles. The predicted octanol–water partition coefficient (Wildman–Crippen LogP) is 1.04. The lowest BCUT2D eigenvalue weighted by Gasteiger charge is -2.17. The van der Waals surface area contributed by atoms with E-state index in [4.69, 9.17) is 0 Å². The maximum Gasteiger partial charge on any atom is 0.260 e. The molecule has 8 heteroatoms. The number of hydrogen-bond donors (Lipinski definition) is 1. The molecule has 1 aliphatic rings. The van der Waals surface area contributed by atoms with E-state index in [-0.39, 0.29) is 15.7 Å². The largest absolute Gasteiger partial charge is 0.260 e. The second-order valence-electron chi connectivity index (χ2n) is 4.44. The van der Waals surface area contributed by atoms with Gasteiger partial charge in [-0.3, -0.25) is 0 Å². The molecule has 0 radical (unpaired) electrons. The summed E-state index contributed by atoms with van der Waals surface area (Å²) >= 11 is 3.10. The Morgan fingerprint density at radius 2 is 2.18 bits per heavy atom. The zero-order valence-corrected chi connectivity index (χ0v) is 12.1. The number of rotatable bonds is 3. The van der Waals surface area contributed by atoms with Crippen LogP contribution in [-0.4, -0.2) is 29.5 Å². The maximum absolute atomic E-state index is 12.2. The lowest BCUT2D eigenvalue weighted by atomic mass is 10.1. The molecular formula is C9H15BrN4O2S. The molecule has 1 aliphatic carbocycles. The van der Waals surface area contributed by atoms with Crippen LogP contribution in [0.4, 0.5) is 0 Å². The van der Waals surface area contributed by atoms with Gasteiger partial charge in [-0.05, 0) is 34.7 Å². The van der Waals surface area contributed by atoms with Crippen molar-refractivity contribution in [2.75, 3.05) is 0 Å². The molecule has 2 unspecified atom stereocenters. The molecule has 1 fully saturated rings. The highest BCUT2D eigenvalue weighted by molar-refractivity contribution is 9.10. The standard InChI is InChI=1S/C9H15BrN4O2S/c1-6-4-3-5-7(6)12-17(15,16)9-8(10)11-13-14(9)2/h6-7,12H,3-5H2,1-2H3. The zero-order chi connectivity index (χ0) is 12.6. The lowest BCUT2D eigenvalue weighted by Crippen LogP contribution is -2.37. The molecular weight excluding hydrogens is 308 g/mol. The van der Waals surface area contributed by atoms with Crippen molar-refractivity contribution in [3.05, 3.63) is 4.60 Å². The van der Waals surface area contributed by atoms with Crippen molar-refractivity contribution in [2.24, 2.45) is 13.0 Å². The normalized spacial score (nSPS) is 25.4. The molecule has 0 aromatic carbocycles. The quantitative estimate of drug-likeness (QED) is 0.902. The summed E-state index contributed by atoms with van der Waals surface area (Å²) < 4.78 is 28.6. The van der Waals surface area contributed by atoms with Crippen LogP contribution < -0.4 is 4.72 Å². The van der Waals surface area contributed by atoms with Crippen LogP contribution in [0, 0.1) is 5.92 Å². The van der Waals surface area contributed by atoms with Gasteiger partial charge in [0.1, 0.15) is 0 Å². The van der Waals surface area contributed by atoms with E-state index in [1.54, 1.807) is 7.05 Å². The Morgan fingerprint density at radius 3 is 2.65 bits per heavy atom. The molecule has 2 rings (SSSR count). The smallest absolute Gasteiger partial charge is 0.235 e. The van der Waals surface area contributed by atoms with Gasteiger partial charge in [0.25, 0.3) is 10.0 Å². The third-order valence-electron chi connectivity index (χ3n) is 3.16. The van der Waals surface area contributed by atoms with Gasteiger partial charge in [0.2, 0.25) is 5.03 Å². The Balaban J connectivity index is 2.25. The second-order valence-corrected chi connectivity index (χ2v) is 6.83. The van der Waals surface area contributed by atoms with Gasteiger partial charge in [0, 0.05) is 13.1 Å². The van der Waals surface area contributed by atoms with E-state index in [1.165, 1.54) is 4.68 Å². The Kier molecular flexibility index (Phi) is 3.55. The number of hydrogen-bond acceptors (Lipinski definition) is 4. The van der Waals surface area contributed by atoms with E-state index in [0.29, 0.717) is 5.92 Å². The number of nitrogens with zero attached hydrogens (tertiary/aromatic N) is 3. The molecule has 0 bridgehead atoms. The first kappa shape index (κ1) is 13.0. The highest BCUT2D eigenvalue weighted by Crippen LogP contribution is 2.27. The van der Waals surface area contributed by atoms with Crippen molar-refractivity contribution < 1.29 is 8.42 Å². The third-order valence-corrected chi connectivity index (χ3v) is 5.54. The number of halogens is 1. The molecule has 0 amide bonds. The maximum atomic E-state index is 12.2. The van der Waals surface area contributed by atoms with Gasteiger partial charge in [-0.1, -0.05) is 18.6 Å². The number of sulfonamides is 1. The Labute approximate surface area is 109 Å². The van der Waals surface area contributed by atoms with E-state index in [0.717, 1.165) is 19.3 Å². The molecule has 1 heterocycles. The number of aryl methyl sites for hydroxylation is 1. The minimum atomic E-state index is -3.55. The molecule has 0 aliphatic heterocycles. The van der Waals surface area contributed by atoms with Crippen LogP contribution in [0.3, 0.4) is 0 Å². The van der Waals surface area contributed by atoms with Gasteiger partial charge in [0.05, 0.1) is 0 Å². The van der Waals surface area contributed by atoms with Crippen LogP contribution in [0.2, 0.25) is 0 Å². The number of nitrogens with one attached hydrogen (secondary N) is 1. The van der Waals surface area contributed by atoms with Crippen molar-refractivity contribution in [3.63, 3.8) is 0 Å². The lowest BCUT2D eigenvalue weighted by molar-refractivity contribution is 0.472. The van der Waals surface area contributed by atoms with Crippen LogP contribution in [0.1, 0.15) is 26.2 Å². The molecule has 2 atom stereocenters. The van der Waals surface area contributed by atoms with Gasteiger partial charge < -0.3 is 0 Å². The summed E-state index contributed by atoms with van der Waals surface area (Å²) in [6.07, 6.45) is 3.03. The summed E-state index contributed by atoms with van der Waals surface area (Å²) in [5.41, 5.74) is 0. The van der Waals surface area contributed by atoms with Crippen molar-refractivity contribution in [3.8, 4) is 0 Å². The van der Waals surface area contributed by atoms with E-state index in [9.17, 15) is 8.42 Å². The summed E-state index contributed by atoms with van der Waals surface area (Å²) in [7, 11) is -1.99. The Hall–Kier alpha value is -0.470. The van der Waals surface area contributed by atoms with Crippen molar-refractivity contribution in [1.29, 1.82) is 0 Å². The van der Waals surface area contributed by atoms with Crippen LogP contribution in [0.25, 0.3) is 0 Å². The predicted molar refractivity (Wildman–Crippen MR) is 65.8 cm³/mol. The summed E-state index contributed by atoms with van der Waals surface area (Å²) in [6.45, 7) is 2.07. The van der Waals surface area contributed by atoms with Gasteiger partial charge in [0.15, 0.2) is 4.60 Å². The summed E-state index contributed by atoms with van der Waals surface area (Å²) in [4.78, 5) is 0. The SMILES string of the molecule is CC1CCCC1NS(=O)(=O)c1c(Br)nnn1C. The molecule has 1 aromatic heterocycles. The average Bonchev–Trinajstić information content (AvgIpc) is 2.74. The van der Waals surface area contributed by atoms with Gasteiger partial charge in [-0.2, -0.15) is 0 Å². The Bertz CT molecular complexity index is 494. The van der Waals surface area contributed by atoms with Gasteiger partial charge >= 0.3 is 0 Å². The molecule has 1 saturated carbocycles. The van der Waals surface area contributed by atoms with E-state index < -0.39 is 10.0 Å². The highest BCUT2D eigenvalue weighted by Gasteiger charge is 2.31. The molecule has 96 valence electrons. The summed E-state index contributed by atoms with van der Waals surface area (Å²) in [5, 5.41) is 7.44. The van der Waals surface area contributed by atoms with E-state index >= 15 is 0 Å². The topological polar surface area (TPSA) is 76.9 Å². The fourth-order valence-corrected chi connectivity index (χ4v) is 4.66. The minimum absolute atomic E-state index is 0.0156. The molecule has 17 heavy (non-hydrogen) atoms. The summed E-state index contributed by atoms with van der Waals surface area (Å²) in [6, 6.07) is 0.0156. The highest BCUT2D eigenvalue weighted by atomic mass is 79.9. The molecule has 1 aromatic rings. The fraction of sp³-hybridized carbons (Fsp3) is 0.778. The van der Waals surface area contributed by atoms with Crippen LogP contribution >= 0.6 is 15.9 Å². The van der Waals surface area contributed by atoms with Gasteiger partial charge in [-0.15, -0.1) is 5.10 Å². The van der Waals surface area contributed by atoms with E-state index in [2.05, 4.69) is 37.9 Å². The first-order valence-electron chi connectivity index (χ1n) is 5.49. The Morgan fingerprint density at radius 1 is 1.47 bits per heavy atom. The third kappa shape index (κ3) is 2.53. The average molecular weight is 323 g/mol. The van der Waals surface area contributed by atoms with E-state index in [1.807, 2.05) is 0 Å². The molecule has 1 N–H and O–H groups in total. The van der Waals surface area contributed by atoms with Crippen molar-refractivity contribution >= 4 is 26.0 Å². The summed E-state index contributed by atoms with van der Waals surface area (Å²) in [5.74, 6) is 0.379. The van der Waals surface area contributed by atoms with Gasteiger partial charge in [-0.25, -0.2) is 17.8 Å². The molecule has 0 spiro atoms. The molecule has 6 nitrogen and oxygen atoms in total. The van der Waals surface area contributed by atoms with Crippen molar-refractivity contribution in [2.45, 2.75) is 37.3 Å². The van der Waals surface area contributed by atoms with Crippen LogP contribution in [-0.2, 0) is 17.1 Å². The van der Waals surface area contributed by atoms with Crippen LogP contribution in [0.5, 0.6) is 0 Å². The van der Waals surface area contributed by atoms with Crippen LogP contribution in [0.15, 0.2) is 9.63 Å². The number of aromatic nitrogens is 3. The first-order valence-corrected chi connectivity index (χ1v) is 7.77.